The Kier molecular flexibility index (Phi) is 4.57. The maximum absolute atomic E-state index is 12.7. The molecule has 0 saturated carbocycles. The lowest BCUT2D eigenvalue weighted by molar-refractivity contribution is 0.0529. The van der Waals surface area contributed by atoms with Crippen molar-refractivity contribution >= 4 is 34.2 Å². The molecule has 0 bridgehead atoms. The third-order valence-electron chi connectivity index (χ3n) is 4.46. The van der Waals surface area contributed by atoms with E-state index in [0.29, 0.717) is 27.4 Å². The highest BCUT2D eigenvalue weighted by Crippen LogP contribution is 2.32. The van der Waals surface area contributed by atoms with Crippen LogP contribution in [-0.4, -0.2) is 24.1 Å². The van der Waals surface area contributed by atoms with Gasteiger partial charge in [-0.25, -0.2) is 9.59 Å². The number of halogens is 1. The van der Waals surface area contributed by atoms with Gasteiger partial charge in [0.05, 0.1) is 19.2 Å². The number of rotatable bonds is 4. The largest absolute Gasteiger partial charge is 0.497 e. The first-order chi connectivity index (χ1) is 13.5. The van der Waals surface area contributed by atoms with Gasteiger partial charge in [-0.2, -0.15) is 0 Å². The summed E-state index contributed by atoms with van der Waals surface area (Å²) in [5.74, 6) is 0.0984. The molecule has 0 aliphatic heterocycles. The number of fused-ring (bicyclic) bond motifs is 3. The van der Waals surface area contributed by atoms with E-state index in [9.17, 15) is 9.59 Å². The molecule has 0 amide bonds. The Morgan fingerprint density at radius 1 is 1.18 bits per heavy atom. The minimum absolute atomic E-state index is 0.124. The smallest absolute Gasteiger partial charge is 0.361 e. The van der Waals surface area contributed by atoms with Crippen molar-refractivity contribution in [2.24, 2.45) is 0 Å². The van der Waals surface area contributed by atoms with Crippen molar-refractivity contribution in [1.29, 1.82) is 0 Å². The molecule has 0 fully saturated rings. The molecule has 0 radical (unpaired) electrons. The molecule has 0 unspecified atom stereocenters. The van der Waals surface area contributed by atoms with E-state index in [-0.39, 0.29) is 17.7 Å². The molecule has 2 heterocycles. The van der Waals surface area contributed by atoms with E-state index < -0.39 is 11.6 Å². The summed E-state index contributed by atoms with van der Waals surface area (Å²) in [5, 5.41) is 0.447. The van der Waals surface area contributed by atoms with E-state index in [1.54, 1.807) is 55.0 Å². The van der Waals surface area contributed by atoms with Crippen molar-refractivity contribution < 1.29 is 18.7 Å². The van der Waals surface area contributed by atoms with Gasteiger partial charge in [-0.1, -0.05) is 23.7 Å². The fourth-order valence-electron chi connectivity index (χ4n) is 3.21. The molecule has 2 aromatic heterocycles. The predicted octanol–water partition coefficient (Wildman–Crippen LogP) is 4.55. The van der Waals surface area contributed by atoms with Crippen molar-refractivity contribution in [3.63, 3.8) is 0 Å². The van der Waals surface area contributed by atoms with Crippen LogP contribution in [0.2, 0.25) is 5.02 Å². The van der Waals surface area contributed by atoms with Crippen LogP contribution in [0.1, 0.15) is 17.3 Å². The van der Waals surface area contributed by atoms with Crippen LogP contribution in [0.5, 0.6) is 5.75 Å². The minimum atomic E-state index is -0.641. The first-order valence-corrected chi connectivity index (χ1v) is 9.00. The zero-order valence-corrected chi connectivity index (χ0v) is 15.9. The highest BCUT2D eigenvalue weighted by atomic mass is 35.5. The second-order valence-corrected chi connectivity index (χ2v) is 6.52. The van der Waals surface area contributed by atoms with Gasteiger partial charge >= 0.3 is 11.6 Å². The summed E-state index contributed by atoms with van der Waals surface area (Å²) >= 11 is 6.02. The summed E-state index contributed by atoms with van der Waals surface area (Å²) in [4.78, 5) is 25.4. The lowest BCUT2D eigenvalue weighted by Crippen LogP contribution is -2.11. The molecule has 2 aromatic carbocycles. The molecular weight excluding hydrogens is 382 g/mol. The van der Waals surface area contributed by atoms with Gasteiger partial charge in [-0.15, -0.1) is 0 Å². The van der Waals surface area contributed by atoms with Crippen LogP contribution >= 0.6 is 11.6 Å². The Balaban J connectivity index is 2.08. The van der Waals surface area contributed by atoms with Crippen molar-refractivity contribution in [2.75, 3.05) is 13.7 Å². The quantitative estimate of drug-likeness (QED) is 0.472. The van der Waals surface area contributed by atoms with E-state index in [2.05, 4.69) is 0 Å². The predicted molar refractivity (Wildman–Crippen MR) is 106 cm³/mol. The Morgan fingerprint density at radius 3 is 2.61 bits per heavy atom. The SMILES string of the molecule is CCOC(=O)c1c(-c2ccc(OC)cc2)cn2c1c(=O)oc1cc(Cl)ccc12. The lowest BCUT2D eigenvalue weighted by Gasteiger charge is -2.06. The topological polar surface area (TPSA) is 70.2 Å². The van der Waals surface area contributed by atoms with Gasteiger partial charge in [0, 0.05) is 22.8 Å². The molecule has 28 heavy (non-hydrogen) atoms. The zero-order valence-electron chi connectivity index (χ0n) is 15.2. The maximum atomic E-state index is 12.7. The molecule has 7 heteroatoms. The van der Waals surface area contributed by atoms with E-state index in [1.165, 1.54) is 0 Å². The molecule has 0 spiro atoms. The fraction of sp³-hybridized carbons (Fsp3) is 0.143. The number of aromatic nitrogens is 1. The zero-order chi connectivity index (χ0) is 19.8. The van der Waals surface area contributed by atoms with Gasteiger partial charge in [-0.05, 0) is 36.8 Å². The Labute approximate surface area is 164 Å². The second kappa shape index (κ2) is 7.05. The molecule has 0 saturated heterocycles. The molecule has 0 atom stereocenters. The number of esters is 1. The molecule has 6 nitrogen and oxygen atoms in total. The Morgan fingerprint density at radius 2 is 1.93 bits per heavy atom. The third-order valence-corrected chi connectivity index (χ3v) is 4.70. The summed E-state index contributed by atoms with van der Waals surface area (Å²) in [6, 6.07) is 12.2. The molecule has 4 aromatic rings. The number of benzene rings is 2. The van der Waals surface area contributed by atoms with Gasteiger partial charge in [0.2, 0.25) is 0 Å². The van der Waals surface area contributed by atoms with Gasteiger partial charge < -0.3 is 18.3 Å². The summed E-state index contributed by atoms with van der Waals surface area (Å²) < 4.78 is 17.5. The van der Waals surface area contributed by atoms with Crippen LogP contribution in [0.3, 0.4) is 0 Å². The number of carbonyl (C=O) groups is 1. The average Bonchev–Trinajstić information content (AvgIpc) is 3.09. The molecule has 4 rings (SSSR count). The molecule has 0 aliphatic carbocycles. The third kappa shape index (κ3) is 2.92. The standard InChI is InChI=1S/C21H16ClNO5/c1-3-27-20(24)18-15(12-4-7-14(26-2)8-5-12)11-23-16-9-6-13(22)10-17(16)28-21(25)19(18)23/h4-11H,3H2,1-2H3. The van der Waals surface area contributed by atoms with Gasteiger partial charge in [0.25, 0.3) is 0 Å². The number of nitrogens with zero attached hydrogens (tertiary/aromatic N) is 1. The maximum Gasteiger partial charge on any atom is 0.361 e. The van der Waals surface area contributed by atoms with Gasteiger partial charge in [0.1, 0.15) is 16.8 Å². The van der Waals surface area contributed by atoms with Crippen LogP contribution in [0.25, 0.3) is 27.7 Å². The Bertz CT molecular complexity index is 1250. The molecule has 0 N–H and O–H groups in total. The molecule has 0 aliphatic rings. The first kappa shape index (κ1) is 18.1. The fourth-order valence-corrected chi connectivity index (χ4v) is 3.37. The van der Waals surface area contributed by atoms with Gasteiger partial charge in [-0.3, -0.25) is 0 Å². The number of carbonyl (C=O) groups excluding carboxylic acids is 1. The van der Waals surface area contributed by atoms with E-state index >= 15 is 0 Å². The van der Waals surface area contributed by atoms with E-state index in [1.807, 2.05) is 12.1 Å². The first-order valence-electron chi connectivity index (χ1n) is 8.62. The van der Waals surface area contributed by atoms with Crippen molar-refractivity contribution in [3.8, 4) is 16.9 Å². The highest BCUT2D eigenvalue weighted by Gasteiger charge is 2.25. The van der Waals surface area contributed by atoms with E-state index in [4.69, 9.17) is 25.5 Å². The normalized spacial score (nSPS) is 11.1. The number of hydrogen-bond donors (Lipinski definition) is 0. The lowest BCUT2D eigenvalue weighted by atomic mass is 10.0. The van der Waals surface area contributed by atoms with Crippen LogP contribution < -0.4 is 10.4 Å². The van der Waals surface area contributed by atoms with Crippen molar-refractivity contribution in [2.45, 2.75) is 6.92 Å². The summed E-state index contributed by atoms with van der Waals surface area (Å²) in [6.45, 7) is 1.90. The summed E-state index contributed by atoms with van der Waals surface area (Å²) in [7, 11) is 1.58. The van der Waals surface area contributed by atoms with Crippen LogP contribution in [0.4, 0.5) is 0 Å². The van der Waals surface area contributed by atoms with Crippen LogP contribution in [0.15, 0.2) is 57.9 Å². The highest BCUT2D eigenvalue weighted by molar-refractivity contribution is 6.31. The summed E-state index contributed by atoms with van der Waals surface area (Å²) in [5.41, 5.74) is 1.90. The molecule has 142 valence electrons. The average molecular weight is 398 g/mol. The summed E-state index contributed by atoms with van der Waals surface area (Å²) in [6.07, 6.45) is 1.73. The minimum Gasteiger partial charge on any atom is -0.497 e. The van der Waals surface area contributed by atoms with E-state index in [0.717, 1.165) is 5.56 Å². The molecular formula is C21H16ClNO5. The number of ether oxygens (including phenoxy) is 2. The second-order valence-electron chi connectivity index (χ2n) is 6.09. The number of hydrogen-bond acceptors (Lipinski definition) is 5. The Hall–Kier alpha value is -3.25. The van der Waals surface area contributed by atoms with Crippen molar-refractivity contribution in [1.82, 2.24) is 4.40 Å². The van der Waals surface area contributed by atoms with Crippen LogP contribution in [0, 0.1) is 0 Å². The van der Waals surface area contributed by atoms with Crippen LogP contribution in [-0.2, 0) is 4.74 Å². The number of methoxy groups -OCH3 is 1. The van der Waals surface area contributed by atoms with Gasteiger partial charge in [0.15, 0.2) is 5.58 Å². The van der Waals surface area contributed by atoms with Crippen molar-refractivity contribution in [3.05, 3.63) is 69.7 Å². The monoisotopic (exact) mass is 397 g/mol.